The molecule has 1 amide bonds. The van der Waals surface area contributed by atoms with Gasteiger partial charge in [0.1, 0.15) is 5.75 Å². The normalized spacial score (nSPS) is 10.9. The molecular weight excluding hydrogens is 288 g/mol. The highest BCUT2D eigenvalue weighted by Crippen LogP contribution is 2.20. The average molecular weight is 314 g/mol. The second-order valence-electron chi connectivity index (χ2n) is 6.09. The molecule has 23 heavy (non-hydrogen) atoms. The van der Waals surface area contributed by atoms with E-state index in [4.69, 9.17) is 4.74 Å². The molecular formula is C19H26N2O2. The Balaban J connectivity index is 1.94. The van der Waals surface area contributed by atoms with E-state index in [-0.39, 0.29) is 5.91 Å². The molecule has 0 fully saturated rings. The molecule has 2 rings (SSSR count). The first-order valence-electron chi connectivity index (χ1n) is 8.03. The lowest BCUT2D eigenvalue weighted by molar-refractivity contribution is 0.0954. The minimum atomic E-state index is -0.0506. The highest BCUT2D eigenvalue weighted by Gasteiger charge is 2.11. The monoisotopic (exact) mass is 314 g/mol. The number of amides is 1. The predicted octanol–water partition coefficient (Wildman–Crippen LogP) is 3.67. The van der Waals surface area contributed by atoms with Gasteiger partial charge in [0.05, 0.1) is 7.11 Å². The van der Waals surface area contributed by atoms with Crippen molar-refractivity contribution in [3.05, 3.63) is 52.8 Å². The van der Waals surface area contributed by atoms with Gasteiger partial charge in [0.2, 0.25) is 0 Å². The SMILES string of the molecule is COc1ccc(C(=O)NCCc2cc(C)n(C(C)C)c2C)cc1. The molecule has 0 radical (unpaired) electrons. The summed E-state index contributed by atoms with van der Waals surface area (Å²) in [4.78, 5) is 12.1. The molecule has 1 N–H and O–H groups in total. The number of methoxy groups -OCH3 is 1. The summed E-state index contributed by atoms with van der Waals surface area (Å²) in [5.74, 6) is 0.702. The highest BCUT2D eigenvalue weighted by atomic mass is 16.5. The van der Waals surface area contributed by atoms with Crippen LogP contribution in [0.2, 0.25) is 0 Å². The van der Waals surface area contributed by atoms with Gasteiger partial charge in [-0.2, -0.15) is 0 Å². The number of rotatable bonds is 6. The van der Waals surface area contributed by atoms with Gasteiger partial charge in [-0.1, -0.05) is 0 Å². The molecule has 0 spiro atoms. The Morgan fingerprint density at radius 3 is 2.39 bits per heavy atom. The number of nitrogens with one attached hydrogen (secondary N) is 1. The number of carbonyl (C=O) groups excluding carboxylic acids is 1. The van der Waals surface area contributed by atoms with Crippen LogP contribution in [-0.2, 0) is 6.42 Å². The quantitative estimate of drug-likeness (QED) is 0.884. The van der Waals surface area contributed by atoms with Gasteiger partial charge in [0, 0.05) is 29.5 Å². The molecule has 124 valence electrons. The molecule has 0 aliphatic carbocycles. The van der Waals surface area contributed by atoms with Gasteiger partial charge in [0.15, 0.2) is 0 Å². The van der Waals surface area contributed by atoms with Gasteiger partial charge in [-0.25, -0.2) is 0 Å². The van der Waals surface area contributed by atoms with Crippen molar-refractivity contribution in [2.24, 2.45) is 0 Å². The summed E-state index contributed by atoms with van der Waals surface area (Å²) in [6.45, 7) is 9.29. The molecule has 0 aliphatic rings. The van der Waals surface area contributed by atoms with Crippen molar-refractivity contribution in [3.63, 3.8) is 0 Å². The summed E-state index contributed by atoms with van der Waals surface area (Å²) in [5.41, 5.74) is 4.51. The van der Waals surface area contributed by atoms with Gasteiger partial charge < -0.3 is 14.6 Å². The first-order valence-corrected chi connectivity index (χ1v) is 8.03. The number of aromatic nitrogens is 1. The second-order valence-corrected chi connectivity index (χ2v) is 6.09. The number of benzene rings is 1. The third kappa shape index (κ3) is 3.95. The summed E-state index contributed by atoms with van der Waals surface area (Å²) in [6, 6.07) is 9.82. The Labute approximate surface area is 138 Å². The van der Waals surface area contributed by atoms with Crippen LogP contribution in [-0.4, -0.2) is 24.1 Å². The predicted molar refractivity (Wildman–Crippen MR) is 93.3 cm³/mol. The maximum absolute atomic E-state index is 12.1. The number of carbonyl (C=O) groups is 1. The Hall–Kier alpha value is -2.23. The maximum atomic E-state index is 12.1. The zero-order chi connectivity index (χ0) is 17.0. The molecule has 1 heterocycles. The van der Waals surface area contributed by atoms with Gasteiger partial charge in [-0.3, -0.25) is 4.79 Å². The van der Waals surface area contributed by atoms with E-state index in [0.29, 0.717) is 18.2 Å². The van der Waals surface area contributed by atoms with E-state index in [1.807, 2.05) is 0 Å². The zero-order valence-corrected chi connectivity index (χ0v) is 14.6. The fraction of sp³-hybridized carbons (Fsp3) is 0.421. The Morgan fingerprint density at radius 1 is 1.22 bits per heavy atom. The molecule has 0 saturated carbocycles. The van der Waals surface area contributed by atoms with Crippen LogP contribution in [0.15, 0.2) is 30.3 Å². The lowest BCUT2D eigenvalue weighted by Crippen LogP contribution is -2.25. The summed E-state index contributed by atoms with van der Waals surface area (Å²) in [5, 5.41) is 2.98. The Kier molecular flexibility index (Phi) is 5.48. The van der Waals surface area contributed by atoms with Crippen LogP contribution in [0.1, 0.15) is 47.2 Å². The van der Waals surface area contributed by atoms with Crippen molar-refractivity contribution in [2.75, 3.05) is 13.7 Å². The summed E-state index contributed by atoms with van der Waals surface area (Å²) < 4.78 is 7.43. The first kappa shape index (κ1) is 17.1. The standard InChI is InChI=1S/C19H26N2O2/c1-13(2)21-14(3)12-17(15(21)4)10-11-20-19(22)16-6-8-18(23-5)9-7-16/h6-9,12-13H,10-11H2,1-5H3,(H,20,22). The topological polar surface area (TPSA) is 43.3 Å². The molecule has 0 saturated heterocycles. The van der Waals surface area contributed by atoms with Crippen molar-refractivity contribution in [1.82, 2.24) is 9.88 Å². The largest absolute Gasteiger partial charge is 0.497 e. The van der Waals surface area contributed by atoms with E-state index < -0.39 is 0 Å². The molecule has 0 bridgehead atoms. The van der Waals surface area contributed by atoms with Crippen LogP contribution < -0.4 is 10.1 Å². The van der Waals surface area contributed by atoms with E-state index in [1.165, 1.54) is 17.0 Å². The van der Waals surface area contributed by atoms with Crippen LogP contribution in [0.5, 0.6) is 5.75 Å². The highest BCUT2D eigenvalue weighted by molar-refractivity contribution is 5.94. The van der Waals surface area contributed by atoms with Crippen LogP contribution in [0.3, 0.4) is 0 Å². The lowest BCUT2D eigenvalue weighted by atomic mass is 10.1. The molecule has 0 unspecified atom stereocenters. The molecule has 0 aliphatic heterocycles. The van der Waals surface area contributed by atoms with Gasteiger partial charge in [-0.05, 0) is 70.0 Å². The minimum Gasteiger partial charge on any atom is -0.497 e. The van der Waals surface area contributed by atoms with Crippen LogP contribution in [0.25, 0.3) is 0 Å². The minimum absolute atomic E-state index is 0.0506. The van der Waals surface area contributed by atoms with Crippen molar-refractivity contribution in [1.29, 1.82) is 0 Å². The van der Waals surface area contributed by atoms with Gasteiger partial charge in [0.25, 0.3) is 5.91 Å². The van der Waals surface area contributed by atoms with Crippen LogP contribution >= 0.6 is 0 Å². The fourth-order valence-corrected chi connectivity index (χ4v) is 3.05. The molecule has 4 nitrogen and oxygen atoms in total. The molecule has 1 aromatic carbocycles. The lowest BCUT2D eigenvalue weighted by Gasteiger charge is -2.14. The number of hydrogen-bond donors (Lipinski definition) is 1. The van der Waals surface area contributed by atoms with Crippen LogP contribution in [0, 0.1) is 13.8 Å². The number of nitrogens with zero attached hydrogens (tertiary/aromatic N) is 1. The zero-order valence-electron chi connectivity index (χ0n) is 14.6. The molecule has 0 atom stereocenters. The fourth-order valence-electron chi connectivity index (χ4n) is 3.05. The van der Waals surface area contributed by atoms with Crippen molar-refractivity contribution >= 4 is 5.91 Å². The number of hydrogen-bond acceptors (Lipinski definition) is 2. The second kappa shape index (κ2) is 7.36. The number of aryl methyl sites for hydroxylation is 1. The van der Waals surface area contributed by atoms with E-state index in [0.717, 1.165) is 12.2 Å². The van der Waals surface area contributed by atoms with Crippen molar-refractivity contribution in [3.8, 4) is 5.75 Å². The van der Waals surface area contributed by atoms with E-state index >= 15 is 0 Å². The smallest absolute Gasteiger partial charge is 0.251 e. The van der Waals surface area contributed by atoms with Gasteiger partial charge in [-0.15, -0.1) is 0 Å². The van der Waals surface area contributed by atoms with E-state index in [9.17, 15) is 4.79 Å². The van der Waals surface area contributed by atoms with Gasteiger partial charge >= 0.3 is 0 Å². The summed E-state index contributed by atoms with van der Waals surface area (Å²) in [6.07, 6.45) is 0.842. The maximum Gasteiger partial charge on any atom is 0.251 e. The van der Waals surface area contributed by atoms with Crippen molar-refractivity contribution < 1.29 is 9.53 Å². The Bertz CT molecular complexity index is 669. The van der Waals surface area contributed by atoms with E-state index in [2.05, 4.69) is 43.6 Å². The Morgan fingerprint density at radius 2 is 1.87 bits per heavy atom. The molecule has 4 heteroatoms. The first-order chi connectivity index (χ1) is 10.9. The van der Waals surface area contributed by atoms with E-state index in [1.54, 1.807) is 31.4 Å². The van der Waals surface area contributed by atoms with Crippen molar-refractivity contribution in [2.45, 2.75) is 40.2 Å². The average Bonchev–Trinajstić information content (AvgIpc) is 2.81. The molecule has 1 aromatic heterocycles. The number of ether oxygens (including phenoxy) is 1. The van der Waals surface area contributed by atoms with Crippen LogP contribution in [0.4, 0.5) is 0 Å². The third-order valence-corrected chi connectivity index (χ3v) is 4.14. The summed E-state index contributed by atoms with van der Waals surface area (Å²) >= 11 is 0. The third-order valence-electron chi connectivity index (χ3n) is 4.14. The summed E-state index contributed by atoms with van der Waals surface area (Å²) in [7, 11) is 1.61. The molecule has 2 aromatic rings.